The normalized spacial score (nSPS) is 16.7. The Kier molecular flexibility index (Phi) is 7.60. The zero-order valence-electron chi connectivity index (χ0n) is 20.1. The number of aromatic nitrogens is 2. The average Bonchev–Trinajstić information content (AvgIpc) is 2.91. The van der Waals surface area contributed by atoms with E-state index in [1.807, 2.05) is 24.3 Å². The third-order valence-electron chi connectivity index (χ3n) is 6.70. The molecule has 184 valence electrons. The molecule has 5 rings (SSSR count). The number of nitrogen functional groups attached to an aromatic ring is 1. The van der Waals surface area contributed by atoms with Crippen LogP contribution in [0, 0.1) is 5.92 Å². The van der Waals surface area contributed by atoms with Crippen molar-refractivity contribution in [1.82, 2.24) is 15.3 Å². The molecule has 3 aromatic rings. The van der Waals surface area contributed by atoms with Crippen molar-refractivity contribution in [2.24, 2.45) is 5.92 Å². The van der Waals surface area contributed by atoms with E-state index >= 15 is 0 Å². The van der Waals surface area contributed by atoms with E-state index in [4.69, 9.17) is 20.2 Å². The van der Waals surface area contributed by atoms with Gasteiger partial charge in [0.05, 0.1) is 31.2 Å². The van der Waals surface area contributed by atoms with Gasteiger partial charge in [0, 0.05) is 36.2 Å². The van der Waals surface area contributed by atoms with Gasteiger partial charge in [0.15, 0.2) is 0 Å². The fourth-order valence-corrected chi connectivity index (χ4v) is 4.63. The number of hydrogen-bond donors (Lipinski definition) is 3. The molecule has 0 unspecified atom stereocenters. The molecule has 0 spiro atoms. The number of morpholine rings is 1. The van der Waals surface area contributed by atoms with Crippen molar-refractivity contribution in [3.05, 3.63) is 54.7 Å². The van der Waals surface area contributed by atoms with Gasteiger partial charge in [-0.15, -0.1) is 0 Å². The fourth-order valence-electron chi connectivity index (χ4n) is 4.63. The number of ether oxygens (including phenoxy) is 2. The van der Waals surface area contributed by atoms with Crippen LogP contribution in [-0.2, 0) is 4.74 Å². The van der Waals surface area contributed by atoms with Crippen molar-refractivity contribution >= 4 is 23.0 Å². The molecule has 35 heavy (non-hydrogen) atoms. The van der Waals surface area contributed by atoms with Crippen molar-refractivity contribution < 1.29 is 9.47 Å². The quantitative estimate of drug-likeness (QED) is 0.420. The van der Waals surface area contributed by atoms with E-state index in [0.29, 0.717) is 18.2 Å². The molecule has 8 nitrogen and oxygen atoms in total. The number of nitrogens with two attached hydrogens (primary N) is 1. The van der Waals surface area contributed by atoms with Crippen LogP contribution in [0.1, 0.15) is 19.3 Å². The van der Waals surface area contributed by atoms with E-state index in [2.05, 4.69) is 44.8 Å². The summed E-state index contributed by atoms with van der Waals surface area (Å²) >= 11 is 0. The van der Waals surface area contributed by atoms with E-state index in [1.165, 1.54) is 18.5 Å². The second-order valence-corrected chi connectivity index (χ2v) is 9.12. The molecule has 0 amide bonds. The standard InChI is InChI=1S/C27H34N6O2/c28-24-19-21(1-6-26(24)35-16-10-20-7-11-29-12-8-20)25-9-13-30-27(32-25)31-22-2-4-23(5-3-22)33-14-17-34-18-15-33/h1-6,9,13,19-20,29H,7-8,10-12,14-18,28H2,(H,30,31,32). The summed E-state index contributed by atoms with van der Waals surface area (Å²) in [7, 11) is 0. The molecule has 8 heteroatoms. The maximum absolute atomic E-state index is 6.31. The first-order valence-corrected chi connectivity index (χ1v) is 12.5. The number of nitrogens with zero attached hydrogens (tertiary/aromatic N) is 3. The second-order valence-electron chi connectivity index (χ2n) is 9.12. The summed E-state index contributed by atoms with van der Waals surface area (Å²) in [6, 6.07) is 16.1. The Morgan fingerprint density at radius 3 is 2.63 bits per heavy atom. The van der Waals surface area contributed by atoms with Gasteiger partial charge in [-0.05, 0) is 86.8 Å². The molecule has 2 aliphatic rings. The topological polar surface area (TPSA) is 97.6 Å². The summed E-state index contributed by atoms with van der Waals surface area (Å²) in [4.78, 5) is 11.4. The molecular weight excluding hydrogens is 440 g/mol. The summed E-state index contributed by atoms with van der Waals surface area (Å²) in [5.74, 6) is 2.01. The molecule has 0 radical (unpaired) electrons. The highest BCUT2D eigenvalue weighted by Gasteiger charge is 2.14. The largest absolute Gasteiger partial charge is 0.491 e. The van der Waals surface area contributed by atoms with Gasteiger partial charge < -0.3 is 30.7 Å². The zero-order chi connectivity index (χ0) is 23.9. The minimum absolute atomic E-state index is 0.544. The van der Waals surface area contributed by atoms with E-state index in [9.17, 15) is 0 Å². The average molecular weight is 475 g/mol. The summed E-state index contributed by atoms with van der Waals surface area (Å²) in [5.41, 5.74) is 10.8. The van der Waals surface area contributed by atoms with Crippen molar-refractivity contribution in [2.75, 3.05) is 62.0 Å². The smallest absolute Gasteiger partial charge is 0.227 e. The number of nitrogens with one attached hydrogen (secondary N) is 2. The highest BCUT2D eigenvalue weighted by atomic mass is 16.5. The monoisotopic (exact) mass is 474 g/mol. The van der Waals surface area contributed by atoms with E-state index < -0.39 is 0 Å². The van der Waals surface area contributed by atoms with Crippen LogP contribution in [0.2, 0.25) is 0 Å². The summed E-state index contributed by atoms with van der Waals surface area (Å²) in [5, 5.41) is 6.71. The van der Waals surface area contributed by atoms with Gasteiger partial charge in [0.2, 0.25) is 5.95 Å². The SMILES string of the molecule is Nc1cc(-c2ccnc(Nc3ccc(N4CCOCC4)cc3)n2)ccc1OCCC1CCNCC1. The molecule has 1 aromatic heterocycles. The lowest BCUT2D eigenvalue weighted by Crippen LogP contribution is -2.36. The number of piperidine rings is 1. The maximum Gasteiger partial charge on any atom is 0.227 e. The fraction of sp³-hybridized carbons (Fsp3) is 0.407. The van der Waals surface area contributed by atoms with E-state index in [0.717, 1.165) is 74.4 Å². The Bertz CT molecular complexity index is 1100. The predicted octanol–water partition coefficient (Wildman–Crippen LogP) is 4.07. The minimum atomic E-state index is 0.544. The van der Waals surface area contributed by atoms with Crippen molar-refractivity contribution in [3.8, 4) is 17.0 Å². The highest BCUT2D eigenvalue weighted by molar-refractivity contribution is 5.69. The van der Waals surface area contributed by atoms with E-state index in [1.54, 1.807) is 6.20 Å². The van der Waals surface area contributed by atoms with Crippen molar-refractivity contribution in [2.45, 2.75) is 19.3 Å². The molecule has 2 aliphatic heterocycles. The van der Waals surface area contributed by atoms with Crippen LogP contribution in [0.3, 0.4) is 0 Å². The number of hydrogen-bond acceptors (Lipinski definition) is 8. The lowest BCUT2D eigenvalue weighted by atomic mass is 9.95. The lowest BCUT2D eigenvalue weighted by Gasteiger charge is -2.28. The molecule has 2 aromatic carbocycles. The van der Waals surface area contributed by atoms with Crippen LogP contribution in [0.25, 0.3) is 11.3 Å². The first-order valence-electron chi connectivity index (χ1n) is 12.5. The van der Waals surface area contributed by atoms with Crippen LogP contribution in [0.5, 0.6) is 5.75 Å². The van der Waals surface area contributed by atoms with Crippen LogP contribution >= 0.6 is 0 Å². The number of benzene rings is 2. The molecule has 0 atom stereocenters. The van der Waals surface area contributed by atoms with Gasteiger partial charge in [0.1, 0.15) is 5.75 Å². The van der Waals surface area contributed by atoms with Crippen molar-refractivity contribution in [3.63, 3.8) is 0 Å². The van der Waals surface area contributed by atoms with Gasteiger partial charge in [-0.1, -0.05) is 0 Å². The van der Waals surface area contributed by atoms with Gasteiger partial charge in [0.25, 0.3) is 0 Å². The third kappa shape index (κ3) is 6.21. The van der Waals surface area contributed by atoms with Gasteiger partial charge in [-0.25, -0.2) is 9.97 Å². The second kappa shape index (κ2) is 11.4. The van der Waals surface area contributed by atoms with Crippen LogP contribution < -0.4 is 26.0 Å². The lowest BCUT2D eigenvalue weighted by molar-refractivity contribution is 0.122. The Labute approximate surface area is 206 Å². The van der Waals surface area contributed by atoms with Crippen LogP contribution in [0.15, 0.2) is 54.7 Å². The Hall–Kier alpha value is -3.36. The van der Waals surface area contributed by atoms with Gasteiger partial charge in [-0.2, -0.15) is 0 Å². The number of anilines is 4. The molecule has 2 saturated heterocycles. The third-order valence-corrected chi connectivity index (χ3v) is 6.70. The predicted molar refractivity (Wildman–Crippen MR) is 140 cm³/mol. The van der Waals surface area contributed by atoms with Crippen LogP contribution in [0.4, 0.5) is 23.0 Å². The van der Waals surface area contributed by atoms with Gasteiger partial charge >= 0.3 is 0 Å². The molecular formula is C27H34N6O2. The molecule has 0 bridgehead atoms. The molecule has 4 N–H and O–H groups in total. The maximum atomic E-state index is 6.31. The first-order chi connectivity index (χ1) is 17.2. The van der Waals surface area contributed by atoms with E-state index in [-0.39, 0.29) is 0 Å². The van der Waals surface area contributed by atoms with Crippen LogP contribution in [-0.4, -0.2) is 56.0 Å². The number of rotatable bonds is 8. The molecule has 3 heterocycles. The Balaban J connectivity index is 1.20. The zero-order valence-corrected chi connectivity index (χ0v) is 20.1. The summed E-state index contributed by atoms with van der Waals surface area (Å²) in [6.45, 7) is 6.30. The highest BCUT2D eigenvalue weighted by Crippen LogP contribution is 2.29. The Morgan fingerprint density at radius 1 is 1.06 bits per heavy atom. The molecule has 0 saturated carbocycles. The Morgan fingerprint density at radius 2 is 1.86 bits per heavy atom. The molecule has 0 aliphatic carbocycles. The first kappa shape index (κ1) is 23.4. The summed E-state index contributed by atoms with van der Waals surface area (Å²) < 4.78 is 11.4. The summed E-state index contributed by atoms with van der Waals surface area (Å²) in [6.07, 6.45) is 5.27. The van der Waals surface area contributed by atoms with Gasteiger partial charge in [-0.3, -0.25) is 0 Å². The van der Waals surface area contributed by atoms with Crippen molar-refractivity contribution in [1.29, 1.82) is 0 Å². The molecule has 2 fully saturated rings. The minimum Gasteiger partial charge on any atom is -0.491 e.